The van der Waals surface area contributed by atoms with Crippen molar-refractivity contribution in [2.75, 3.05) is 0 Å². The molecule has 14 nitrogen and oxygen atoms in total. The van der Waals surface area contributed by atoms with Crippen molar-refractivity contribution in [2.45, 2.75) is 6.42 Å². The van der Waals surface area contributed by atoms with Crippen molar-refractivity contribution >= 4 is 110 Å². The molecule has 1 aliphatic rings. The van der Waals surface area contributed by atoms with Gasteiger partial charge in [0.15, 0.2) is 52.4 Å². The van der Waals surface area contributed by atoms with Gasteiger partial charge in [-0.05, 0) is 136 Å². The molecule has 14 heteroatoms. The van der Waals surface area contributed by atoms with Crippen molar-refractivity contribution in [3.63, 3.8) is 0 Å². The van der Waals surface area contributed by atoms with Crippen molar-refractivity contribution in [1.82, 2.24) is 44.9 Å². The summed E-state index contributed by atoms with van der Waals surface area (Å²) in [4.78, 5) is 44.8. The van der Waals surface area contributed by atoms with Crippen LogP contribution < -0.4 is 0 Å². The highest BCUT2D eigenvalue weighted by Gasteiger charge is 2.26. The van der Waals surface area contributed by atoms with E-state index in [0.29, 0.717) is 52.4 Å². The summed E-state index contributed by atoms with van der Waals surface area (Å²) in [5, 5.41) is 10.7. The van der Waals surface area contributed by atoms with Crippen LogP contribution >= 0.6 is 0 Å². The van der Waals surface area contributed by atoms with Crippen LogP contribution in [-0.2, 0) is 6.42 Å². The lowest BCUT2D eigenvalue weighted by Crippen LogP contribution is -2.00. The van der Waals surface area contributed by atoms with E-state index in [4.69, 9.17) is 66.9 Å². The molecule has 1 aliphatic carbocycles. The second-order valence-corrected chi connectivity index (χ2v) is 31.3. The van der Waals surface area contributed by atoms with E-state index in [9.17, 15) is 0 Å². The van der Waals surface area contributed by atoms with Crippen molar-refractivity contribution < 1.29 is 22.1 Å². The molecule has 26 rings (SSSR count). The summed E-state index contributed by atoms with van der Waals surface area (Å²) in [6.07, 6.45) is 0.896. The zero-order valence-electron chi connectivity index (χ0n) is 67.3. The number of hydrogen-bond acceptors (Lipinski definition) is 14. The van der Waals surface area contributed by atoms with Gasteiger partial charge in [0.2, 0.25) is 0 Å². The van der Waals surface area contributed by atoms with Gasteiger partial charge in [0, 0.05) is 98.4 Å². The van der Waals surface area contributed by atoms with E-state index in [0.717, 1.165) is 188 Å². The maximum absolute atomic E-state index is 6.41. The minimum Gasteiger partial charge on any atom is -0.456 e. The number of rotatable bonds is 11. The molecule has 0 aliphatic heterocycles. The Kier molecular flexibility index (Phi) is 17.6. The summed E-state index contributed by atoms with van der Waals surface area (Å²) in [7, 11) is 0. The normalized spacial score (nSPS) is 11.8. The van der Waals surface area contributed by atoms with Crippen LogP contribution in [0.15, 0.2) is 416 Å². The lowest BCUT2D eigenvalue weighted by Gasteiger charge is -2.10. The molecule has 17 aromatic carbocycles. The zero-order valence-corrected chi connectivity index (χ0v) is 67.3. The van der Waals surface area contributed by atoms with Gasteiger partial charge in [0.05, 0.1) is 5.56 Å². The van der Waals surface area contributed by atoms with Crippen LogP contribution in [0, 0.1) is 0 Å². The van der Waals surface area contributed by atoms with E-state index in [1.807, 2.05) is 243 Å². The monoisotopic (exact) mass is 1620 g/mol. The summed E-state index contributed by atoms with van der Waals surface area (Å²) in [5.41, 5.74) is 26.3. The van der Waals surface area contributed by atoms with Crippen LogP contribution in [-0.4, -0.2) is 44.9 Å². The van der Waals surface area contributed by atoms with Crippen LogP contribution in [0.2, 0.25) is 0 Å². The van der Waals surface area contributed by atoms with Crippen molar-refractivity contribution in [3.8, 4) is 136 Å². The molecule has 0 radical (unpaired) electrons. The number of aromatic nitrogens is 9. The Balaban J connectivity index is 0.000000106. The highest BCUT2D eigenvalue weighted by molar-refractivity contribution is 6.16. The van der Waals surface area contributed by atoms with Gasteiger partial charge in [0.1, 0.15) is 55.8 Å². The van der Waals surface area contributed by atoms with Crippen LogP contribution in [0.25, 0.3) is 246 Å². The standard InChI is InChI=1S/C40H23N3O2.C39H23N3O2.C33H21N3O/c1-2-9-27-23(8-1)20-26-21-24(16-18-28(26)27)38-41-39(25-17-19-36-33(22-25)30-11-4-5-14-34(30)44-36)43-40(42-38)32-13-7-12-31-29-10-3-6-15-35(29)45-37(31)32;1-2-11-24(12-3-1)37-40-38(42-39(41-37)30-18-10-22-34-36(30)29-16-5-7-20-32(29)44-34)26-14-8-13-25(23-26)27-17-9-21-33-35(27)28-15-4-6-19-31(28)43-33;1-3-10-23(11-4-1)31-34-32(24-12-5-2-6-13-24)36-33(35-31)25-20-18-22(19-21-25)26-15-9-17-29-30(26)27-14-7-8-16-28(27)37-29/h1-19,21-22H,20H2;1-23H;1-21H. The molecular weight excluding hydrogens is 1550 g/mol. The van der Waals surface area contributed by atoms with Gasteiger partial charge in [-0.15, -0.1) is 0 Å². The lowest BCUT2D eigenvalue weighted by molar-refractivity contribution is 0.668. The van der Waals surface area contributed by atoms with Gasteiger partial charge in [-0.2, -0.15) is 0 Å². The smallest absolute Gasteiger partial charge is 0.167 e. The minimum atomic E-state index is 0.570. The van der Waals surface area contributed by atoms with Crippen LogP contribution in [0.3, 0.4) is 0 Å². The molecule has 0 saturated heterocycles. The fourth-order valence-corrected chi connectivity index (χ4v) is 17.7. The van der Waals surface area contributed by atoms with E-state index in [-0.39, 0.29) is 0 Å². The van der Waals surface area contributed by atoms with E-state index in [1.54, 1.807) is 0 Å². The first kappa shape index (κ1) is 72.8. The SMILES string of the molecule is c1ccc(-c2nc(-c3cccc(-c4cccc5oc6ccccc6c45)c3)nc(-c3cccc4oc5ccccc5c34)n2)cc1.c1ccc(-c2nc(-c3ccccc3)nc(-c3ccc(-c4cccc5oc6ccccc6c45)cc3)n2)cc1.c1ccc2c(c1)Cc1cc(-c3nc(-c4ccc5oc6ccccc6c5c4)nc(-c4cccc5c4oc4ccccc45)n3)ccc1-2. The molecule has 126 heavy (non-hydrogen) atoms. The molecule has 0 saturated carbocycles. The Bertz CT molecular complexity index is 8530. The third-order valence-corrected chi connectivity index (χ3v) is 23.7. The molecule has 8 heterocycles. The highest BCUT2D eigenvalue weighted by atomic mass is 16.3. The van der Waals surface area contributed by atoms with Gasteiger partial charge in [0.25, 0.3) is 0 Å². The first-order valence-electron chi connectivity index (χ1n) is 41.8. The molecule has 0 fully saturated rings. The summed E-state index contributed by atoms with van der Waals surface area (Å²) in [6.45, 7) is 0. The number of benzene rings is 17. The van der Waals surface area contributed by atoms with Crippen molar-refractivity contribution in [3.05, 3.63) is 405 Å². The number of nitrogens with zero attached hydrogens (tertiary/aromatic N) is 9. The van der Waals surface area contributed by atoms with Crippen LogP contribution in [0.4, 0.5) is 0 Å². The topological polar surface area (TPSA) is 182 Å². The summed E-state index contributed by atoms with van der Waals surface area (Å²) in [6, 6.07) is 133. The second-order valence-electron chi connectivity index (χ2n) is 31.3. The zero-order chi connectivity index (χ0) is 83.1. The van der Waals surface area contributed by atoms with Crippen molar-refractivity contribution in [1.29, 1.82) is 0 Å². The van der Waals surface area contributed by atoms with Gasteiger partial charge in [-0.3, -0.25) is 0 Å². The summed E-state index contributed by atoms with van der Waals surface area (Å²) >= 11 is 0. The summed E-state index contributed by atoms with van der Waals surface area (Å²) < 4.78 is 31.0. The Morgan fingerprint density at radius 2 is 0.452 bits per heavy atom. The van der Waals surface area contributed by atoms with Crippen LogP contribution in [0.5, 0.6) is 0 Å². The fraction of sp³-hybridized carbons (Fsp3) is 0.00893. The second kappa shape index (κ2) is 30.5. The largest absolute Gasteiger partial charge is 0.456 e. The van der Waals surface area contributed by atoms with E-state index >= 15 is 0 Å². The first-order chi connectivity index (χ1) is 62.4. The molecule has 0 spiro atoms. The van der Waals surface area contributed by atoms with E-state index < -0.39 is 0 Å². The molecule has 0 atom stereocenters. The number of hydrogen-bond donors (Lipinski definition) is 0. The Morgan fingerprint density at radius 3 is 1.00 bits per heavy atom. The molecular formula is C112H67N9O5. The number of para-hydroxylation sites is 6. The van der Waals surface area contributed by atoms with Crippen LogP contribution in [0.1, 0.15) is 11.1 Å². The average Bonchev–Trinajstić information content (AvgIpc) is 1.67. The lowest BCUT2D eigenvalue weighted by atomic mass is 9.98. The Hall–Kier alpha value is -17.2. The minimum absolute atomic E-state index is 0.570. The third kappa shape index (κ3) is 13.0. The maximum atomic E-state index is 6.41. The average molecular weight is 1620 g/mol. The van der Waals surface area contributed by atoms with Crippen molar-refractivity contribution in [2.24, 2.45) is 0 Å². The predicted molar refractivity (Wildman–Crippen MR) is 504 cm³/mol. The molecule has 0 unspecified atom stereocenters. The van der Waals surface area contributed by atoms with Gasteiger partial charge in [-0.25, -0.2) is 44.9 Å². The molecule has 0 N–H and O–H groups in total. The Morgan fingerprint density at radius 1 is 0.151 bits per heavy atom. The Labute approximate surface area is 719 Å². The van der Waals surface area contributed by atoms with Gasteiger partial charge < -0.3 is 22.1 Å². The molecule has 25 aromatic rings. The quantitative estimate of drug-likeness (QED) is 0.119. The number of fused-ring (bicyclic) bond motifs is 18. The third-order valence-electron chi connectivity index (χ3n) is 23.7. The molecule has 590 valence electrons. The number of furan rings is 5. The molecule has 0 bridgehead atoms. The highest BCUT2D eigenvalue weighted by Crippen LogP contribution is 2.45. The van der Waals surface area contributed by atoms with Gasteiger partial charge >= 0.3 is 0 Å². The van der Waals surface area contributed by atoms with Gasteiger partial charge in [-0.1, -0.05) is 309 Å². The van der Waals surface area contributed by atoms with E-state index in [1.165, 1.54) is 22.3 Å². The maximum Gasteiger partial charge on any atom is 0.167 e. The summed E-state index contributed by atoms with van der Waals surface area (Å²) in [5.74, 6) is 5.56. The first-order valence-corrected chi connectivity index (χ1v) is 41.8. The molecule has 0 amide bonds. The fourth-order valence-electron chi connectivity index (χ4n) is 17.7. The van der Waals surface area contributed by atoms with E-state index in [2.05, 4.69) is 152 Å². The molecule has 8 aromatic heterocycles. The predicted octanol–water partition coefficient (Wildman–Crippen LogP) is 29.0.